The molecular formula is C18H28BrIN4O. The van der Waals surface area contributed by atoms with Crippen molar-refractivity contribution in [1.82, 2.24) is 15.5 Å². The van der Waals surface area contributed by atoms with Crippen LogP contribution >= 0.6 is 39.9 Å². The lowest BCUT2D eigenvalue weighted by Gasteiger charge is -2.34. The summed E-state index contributed by atoms with van der Waals surface area (Å²) in [5.74, 6) is 1.56. The molecule has 140 valence electrons. The zero-order chi connectivity index (χ0) is 17.5. The second kappa shape index (κ2) is 11.0. The Morgan fingerprint density at radius 1 is 1.36 bits per heavy atom. The van der Waals surface area contributed by atoms with Gasteiger partial charge in [0.15, 0.2) is 5.96 Å². The predicted octanol–water partition coefficient (Wildman–Crippen LogP) is 3.30. The molecule has 0 radical (unpaired) electrons. The molecular weight excluding hydrogens is 495 g/mol. The molecule has 1 aromatic rings. The van der Waals surface area contributed by atoms with Crippen molar-refractivity contribution in [3.05, 3.63) is 33.8 Å². The van der Waals surface area contributed by atoms with E-state index in [0.717, 1.165) is 42.9 Å². The Hall–Kier alpha value is -0.830. The van der Waals surface area contributed by atoms with Crippen LogP contribution in [0, 0.1) is 12.8 Å². The lowest BCUT2D eigenvalue weighted by Crippen LogP contribution is -2.45. The highest BCUT2D eigenvalue weighted by Gasteiger charge is 2.23. The van der Waals surface area contributed by atoms with Gasteiger partial charge in [-0.1, -0.05) is 22.0 Å². The molecule has 1 aromatic carbocycles. The molecule has 2 N–H and O–H groups in total. The second-order valence-corrected chi connectivity index (χ2v) is 7.19. The molecule has 1 amide bonds. The molecule has 1 saturated heterocycles. The fraction of sp³-hybridized carbons (Fsp3) is 0.556. The van der Waals surface area contributed by atoms with Crippen molar-refractivity contribution in [2.24, 2.45) is 10.9 Å². The minimum absolute atomic E-state index is 0. The van der Waals surface area contributed by atoms with Gasteiger partial charge in [0, 0.05) is 44.6 Å². The molecule has 0 spiro atoms. The van der Waals surface area contributed by atoms with Crippen molar-refractivity contribution in [3.8, 4) is 0 Å². The normalized spacial score (nSPS) is 15.5. The van der Waals surface area contributed by atoms with Crippen LogP contribution in [0.15, 0.2) is 27.7 Å². The number of benzene rings is 1. The number of aryl methyl sites for hydroxylation is 1. The number of carbonyl (C=O) groups is 1. The highest BCUT2D eigenvalue weighted by atomic mass is 127. The number of rotatable bonds is 4. The third-order valence-corrected chi connectivity index (χ3v) is 5.11. The zero-order valence-electron chi connectivity index (χ0n) is 15.1. The largest absolute Gasteiger partial charge is 0.359 e. The molecule has 0 aliphatic carbocycles. The van der Waals surface area contributed by atoms with Crippen molar-refractivity contribution in [2.45, 2.75) is 32.7 Å². The summed E-state index contributed by atoms with van der Waals surface area (Å²) in [6, 6.07) is 6.33. The van der Waals surface area contributed by atoms with Crippen molar-refractivity contribution >= 4 is 51.8 Å². The summed E-state index contributed by atoms with van der Waals surface area (Å²) >= 11 is 3.50. The molecule has 5 nitrogen and oxygen atoms in total. The monoisotopic (exact) mass is 522 g/mol. The maximum Gasteiger partial charge on any atom is 0.220 e. The number of hydrogen-bond donors (Lipinski definition) is 2. The highest BCUT2D eigenvalue weighted by molar-refractivity contribution is 14.0. The van der Waals surface area contributed by atoms with Crippen molar-refractivity contribution in [1.29, 1.82) is 0 Å². The Morgan fingerprint density at radius 3 is 2.60 bits per heavy atom. The molecule has 0 aromatic heterocycles. The first-order chi connectivity index (χ1) is 11.5. The van der Waals surface area contributed by atoms with Gasteiger partial charge >= 0.3 is 0 Å². The summed E-state index contributed by atoms with van der Waals surface area (Å²) in [6.07, 6.45) is 2.70. The molecule has 1 heterocycles. The van der Waals surface area contributed by atoms with Gasteiger partial charge in [-0.2, -0.15) is 0 Å². The summed E-state index contributed by atoms with van der Waals surface area (Å²) in [6.45, 7) is 4.78. The van der Waals surface area contributed by atoms with Gasteiger partial charge in [-0.15, -0.1) is 24.0 Å². The quantitative estimate of drug-likeness (QED) is 0.362. The maximum atomic E-state index is 11.5. The van der Waals surface area contributed by atoms with Crippen LogP contribution in [0.5, 0.6) is 0 Å². The van der Waals surface area contributed by atoms with Crippen LogP contribution in [0.1, 0.15) is 30.4 Å². The van der Waals surface area contributed by atoms with E-state index in [0.29, 0.717) is 12.3 Å². The van der Waals surface area contributed by atoms with Crippen LogP contribution in [0.25, 0.3) is 0 Å². The number of carbonyl (C=O) groups excluding carboxylic acids is 1. The molecule has 7 heteroatoms. The van der Waals surface area contributed by atoms with Crippen molar-refractivity contribution in [2.75, 3.05) is 27.2 Å². The van der Waals surface area contributed by atoms with Crippen LogP contribution in [-0.2, 0) is 11.3 Å². The number of amides is 1. The van der Waals surface area contributed by atoms with Gasteiger partial charge < -0.3 is 15.5 Å². The van der Waals surface area contributed by atoms with Gasteiger partial charge in [-0.3, -0.25) is 9.79 Å². The Balaban J connectivity index is 0.00000312. The first-order valence-electron chi connectivity index (χ1n) is 8.44. The Bertz CT molecular complexity index is 601. The van der Waals surface area contributed by atoms with Crippen molar-refractivity contribution < 1.29 is 4.79 Å². The molecule has 0 bridgehead atoms. The highest BCUT2D eigenvalue weighted by Crippen LogP contribution is 2.21. The number of piperidine rings is 1. The Labute approximate surface area is 176 Å². The molecule has 0 atom stereocenters. The number of nitrogens with one attached hydrogen (secondary N) is 2. The summed E-state index contributed by atoms with van der Waals surface area (Å²) < 4.78 is 1.10. The van der Waals surface area contributed by atoms with E-state index < -0.39 is 0 Å². The van der Waals surface area contributed by atoms with Crippen LogP contribution in [0.3, 0.4) is 0 Å². The number of hydrogen-bond acceptors (Lipinski definition) is 2. The van der Waals surface area contributed by atoms with E-state index in [-0.39, 0.29) is 29.9 Å². The lowest BCUT2D eigenvalue weighted by atomic mass is 9.93. The number of likely N-dealkylation sites (tertiary alicyclic amines) is 1. The molecule has 1 aliphatic rings. The van der Waals surface area contributed by atoms with E-state index >= 15 is 0 Å². The maximum absolute atomic E-state index is 11.5. The van der Waals surface area contributed by atoms with E-state index in [9.17, 15) is 4.79 Å². The standard InChI is InChI=1S/C18H27BrN4O.HI/c1-13-10-16(19)5-4-15(13)12-22-18(21-3)23-8-6-14(7-9-23)11-17(24)20-2;/h4-5,10,14H,6-9,11-12H2,1-3H3,(H,20,24)(H,21,22);1H. The predicted molar refractivity (Wildman–Crippen MR) is 117 cm³/mol. The molecule has 2 rings (SSSR count). The fourth-order valence-electron chi connectivity index (χ4n) is 3.08. The van der Waals surface area contributed by atoms with Gasteiger partial charge in [0.25, 0.3) is 0 Å². The topological polar surface area (TPSA) is 56.7 Å². The molecule has 0 saturated carbocycles. The summed E-state index contributed by atoms with van der Waals surface area (Å²) in [5, 5.41) is 6.18. The minimum atomic E-state index is 0. The van der Waals surface area contributed by atoms with Gasteiger partial charge in [-0.05, 0) is 48.9 Å². The average molecular weight is 523 g/mol. The number of aliphatic imine (C=N–C) groups is 1. The smallest absolute Gasteiger partial charge is 0.220 e. The van der Waals surface area contributed by atoms with Gasteiger partial charge in [0.1, 0.15) is 0 Å². The number of guanidine groups is 1. The SMILES string of the molecule is CN=C(NCc1ccc(Br)cc1C)N1CCC(CC(=O)NC)CC1.I. The summed E-state index contributed by atoms with van der Waals surface area (Å²) in [7, 11) is 3.53. The van der Waals surface area contributed by atoms with Crippen LogP contribution in [-0.4, -0.2) is 44.0 Å². The first-order valence-corrected chi connectivity index (χ1v) is 9.24. The third-order valence-electron chi connectivity index (χ3n) is 4.62. The third kappa shape index (κ3) is 6.77. The summed E-state index contributed by atoms with van der Waals surface area (Å²) in [4.78, 5) is 18.2. The van der Waals surface area contributed by atoms with Gasteiger partial charge in [0.2, 0.25) is 5.91 Å². The molecule has 1 aliphatic heterocycles. The van der Waals surface area contributed by atoms with Crippen LogP contribution < -0.4 is 10.6 Å². The van der Waals surface area contributed by atoms with Crippen molar-refractivity contribution in [3.63, 3.8) is 0 Å². The fourth-order valence-corrected chi connectivity index (χ4v) is 3.55. The zero-order valence-corrected chi connectivity index (χ0v) is 19.1. The second-order valence-electron chi connectivity index (χ2n) is 6.28. The average Bonchev–Trinajstić information content (AvgIpc) is 2.58. The first kappa shape index (κ1) is 22.2. The van der Waals surface area contributed by atoms with Crippen LogP contribution in [0.2, 0.25) is 0 Å². The van der Waals surface area contributed by atoms with Gasteiger partial charge in [-0.25, -0.2) is 0 Å². The Kier molecular flexibility index (Phi) is 9.78. The number of halogens is 2. The lowest BCUT2D eigenvalue weighted by molar-refractivity contribution is -0.121. The molecule has 0 unspecified atom stereocenters. The van der Waals surface area contributed by atoms with E-state index in [1.165, 1.54) is 11.1 Å². The van der Waals surface area contributed by atoms with Crippen LogP contribution in [0.4, 0.5) is 0 Å². The number of nitrogens with zero attached hydrogens (tertiary/aromatic N) is 2. The summed E-state index contributed by atoms with van der Waals surface area (Å²) in [5.41, 5.74) is 2.53. The van der Waals surface area contributed by atoms with E-state index in [4.69, 9.17) is 0 Å². The Morgan fingerprint density at radius 2 is 2.04 bits per heavy atom. The van der Waals surface area contributed by atoms with Gasteiger partial charge in [0.05, 0.1) is 0 Å². The van der Waals surface area contributed by atoms with E-state index in [1.54, 1.807) is 7.05 Å². The minimum Gasteiger partial charge on any atom is -0.359 e. The van der Waals surface area contributed by atoms with E-state index in [2.05, 4.69) is 61.6 Å². The van der Waals surface area contributed by atoms with E-state index in [1.807, 2.05) is 7.05 Å². The molecule has 1 fully saturated rings. The molecule has 25 heavy (non-hydrogen) atoms.